The van der Waals surface area contributed by atoms with Gasteiger partial charge in [0, 0.05) is 50.4 Å². The van der Waals surface area contributed by atoms with E-state index in [0.29, 0.717) is 52.5 Å². The largest absolute Gasteiger partial charge is 0.432 e. The lowest BCUT2D eigenvalue weighted by Gasteiger charge is -2.59. The average Bonchev–Trinajstić information content (AvgIpc) is 3.57. The fourth-order valence-corrected chi connectivity index (χ4v) is 13.8. The molecule has 0 aromatic rings. The molecule has 0 saturated heterocycles. The molecular formula is C44H64O6. The van der Waals surface area contributed by atoms with E-state index in [1.165, 1.54) is 46.0 Å². The highest BCUT2D eigenvalue weighted by Gasteiger charge is 2.61. The normalized spacial score (nSPS) is 45.5. The number of hydrogen-bond acceptors (Lipinski definition) is 6. The fraction of sp³-hybridized carbons (Fsp3) is 0.773. The zero-order chi connectivity index (χ0) is 36.2. The van der Waals surface area contributed by atoms with Gasteiger partial charge in [0.15, 0.2) is 0 Å². The standard InChI is InChI=1S/C23H32O4.C19H28O2.C2H4/c1-14(24)26-17-9-11-22(3)16(13-17)5-6-18-19-7-8-21(27-15(2)25)23(19,4)12-10-20(18)22;1-18-9-7-13(20)11-12(18)3-4-14-15-5-6-17(21)19(15,2)10-8-16(14)18;1-2/h8,13,16,18-20H,5-7,9-12H2,1-4H3;12,14-16H,3-11H2,1-2H3;1-2H2/t16?,18?,19?,20?,22-,23-;12?,14?,15?,16?,18-,19-;/m00./s1. The zero-order valence-electron chi connectivity index (χ0n) is 32.0. The molecule has 6 fully saturated rings. The minimum absolute atomic E-state index is 0.00511. The number of fused-ring (bicyclic) bond motifs is 10. The minimum atomic E-state index is -0.206. The number of carbonyl (C=O) groups excluding carboxylic acids is 4. The molecule has 0 amide bonds. The Bertz CT molecular complexity index is 1440. The van der Waals surface area contributed by atoms with Gasteiger partial charge in [-0.3, -0.25) is 19.2 Å². The molecule has 6 heteroatoms. The van der Waals surface area contributed by atoms with E-state index in [9.17, 15) is 19.2 Å². The molecule has 6 nitrogen and oxygen atoms in total. The molecule has 276 valence electrons. The summed E-state index contributed by atoms with van der Waals surface area (Å²) >= 11 is 0. The molecule has 0 radical (unpaired) electrons. The Labute approximate surface area is 301 Å². The maximum atomic E-state index is 12.4. The first kappa shape index (κ1) is 37.3. The van der Waals surface area contributed by atoms with E-state index in [4.69, 9.17) is 9.47 Å². The van der Waals surface area contributed by atoms with Crippen LogP contribution in [0, 0.1) is 69.0 Å². The molecule has 12 atom stereocenters. The third-order valence-corrected chi connectivity index (χ3v) is 16.5. The van der Waals surface area contributed by atoms with Gasteiger partial charge in [0.25, 0.3) is 0 Å². The van der Waals surface area contributed by atoms with Gasteiger partial charge in [0.05, 0.1) is 0 Å². The highest BCUT2D eigenvalue weighted by Crippen LogP contribution is 2.67. The number of esters is 2. The summed E-state index contributed by atoms with van der Waals surface area (Å²) in [6.45, 7) is 18.5. The van der Waals surface area contributed by atoms with Crippen molar-refractivity contribution in [3.05, 3.63) is 36.8 Å². The first-order chi connectivity index (χ1) is 23.7. The number of ketones is 2. The third-order valence-electron chi connectivity index (χ3n) is 16.5. The number of carbonyl (C=O) groups is 4. The lowest BCUT2D eigenvalue weighted by Crippen LogP contribution is -2.53. The van der Waals surface area contributed by atoms with Gasteiger partial charge in [-0.05, 0) is 147 Å². The zero-order valence-corrected chi connectivity index (χ0v) is 32.0. The molecule has 0 aromatic heterocycles. The van der Waals surface area contributed by atoms with E-state index in [-0.39, 0.29) is 28.2 Å². The van der Waals surface area contributed by atoms with Crippen LogP contribution in [-0.4, -0.2) is 23.5 Å². The van der Waals surface area contributed by atoms with Crippen LogP contribution in [0.15, 0.2) is 36.8 Å². The van der Waals surface area contributed by atoms with Crippen LogP contribution >= 0.6 is 0 Å². The lowest BCUT2D eigenvalue weighted by molar-refractivity contribution is -0.144. The molecule has 0 aliphatic heterocycles. The molecule has 0 heterocycles. The quantitative estimate of drug-likeness (QED) is 0.212. The predicted octanol–water partition coefficient (Wildman–Crippen LogP) is 10.1. The van der Waals surface area contributed by atoms with Gasteiger partial charge in [0.2, 0.25) is 0 Å². The van der Waals surface area contributed by atoms with Crippen LogP contribution in [0.2, 0.25) is 0 Å². The van der Waals surface area contributed by atoms with Crippen molar-refractivity contribution in [3.63, 3.8) is 0 Å². The van der Waals surface area contributed by atoms with E-state index in [1.807, 2.05) is 0 Å². The summed E-state index contributed by atoms with van der Waals surface area (Å²) < 4.78 is 11.0. The smallest absolute Gasteiger partial charge is 0.307 e. The number of allylic oxidation sites excluding steroid dienone is 4. The molecule has 50 heavy (non-hydrogen) atoms. The summed E-state index contributed by atoms with van der Waals surface area (Å²) in [6.07, 6.45) is 21.7. The Morgan fingerprint density at radius 2 is 1.30 bits per heavy atom. The molecule has 0 spiro atoms. The van der Waals surface area contributed by atoms with Gasteiger partial charge in [0.1, 0.15) is 23.1 Å². The van der Waals surface area contributed by atoms with Crippen LogP contribution in [0.5, 0.6) is 0 Å². The molecule has 0 bridgehead atoms. The number of ether oxygens (including phenoxy) is 2. The van der Waals surface area contributed by atoms with Gasteiger partial charge in [-0.1, -0.05) is 27.7 Å². The molecule has 6 saturated carbocycles. The summed E-state index contributed by atoms with van der Waals surface area (Å²) in [5.41, 5.74) is 0.681. The van der Waals surface area contributed by atoms with Gasteiger partial charge in [-0.15, -0.1) is 13.2 Å². The van der Waals surface area contributed by atoms with Crippen molar-refractivity contribution in [3.8, 4) is 0 Å². The van der Waals surface area contributed by atoms with Crippen molar-refractivity contribution < 1.29 is 28.7 Å². The van der Waals surface area contributed by atoms with Crippen molar-refractivity contribution in [2.45, 2.75) is 144 Å². The summed E-state index contributed by atoms with van der Waals surface area (Å²) in [5, 5.41) is 0. The monoisotopic (exact) mass is 688 g/mol. The maximum Gasteiger partial charge on any atom is 0.307 e. The maximum absolute atomic E-state index is 12.4. The van der Waals surface area contributed by atoms with Gasteiger partial charge >= 0.3 is 11.9 Å². The second kappa shape index (κ2) is 13.8. The van der Waals surface area contributed by atoms with Crippen LogP contribution in [0.1, 0.15) is 144 Å². The highest BCUT2D eigenvalue weighted by atomic mass is 16.5. The van der Waals surface area contributed by atoms with Gasteiger partial charge in [-0.25, -0.2) is 0 Å². The average molecular weight is 689 g/mol. The third kappa shape index (κ3) is 6.10. The van der Waals surface area contributed by atoms with Crippen LogP contribution in [0.4, 0.5) is 0 Å². The van der Waals surface area contributed by atoms with Crippen molar-refractivity contribution >= 4 is 23.5 Å². The fourth-order valence-electron chi connectivity index (χ4n) is 13.8. The summed E-state index contributed by atoms with van der Waals surface area (Å²) in [7, 11) is 0. The Morgan fingerprint density at radius 1 is 0.680 bits per heavy atom. The van der Waals surface area contributed by atoms with Crippen molar-refractivity contribution in [1.82, 2.24) is 0 Å². The Kier molecular flexibility index (Phi) is 10.3. The van der Waals surface area contributed by atoms with Gasteiger partial charge < -0.3 is 9.47 Å². The van der Waals surface area contributed by atoms with E-state index in [2.05, 4.69) is 53.0 Å². The van der Waals surface area contributed by atoms with Gasteiger partial charge in [-0.2, -0.15) is 0 Å². The number of hydrogen-bond donors (Lipinski definition) is 0. The second-order valence-corrected chi connectivity index (χ2v) is 18.5. The molecule has 8 rings (SSSR count). The Morgan fingerprint density at radius 3 is 2.00 bits per heavy atom. The Hall–Kier alpha value is -2.50. The van der Waals surface area contributed by atoms with E-state index >= 15 is 0 Å². The Balaban J connectivity index is 0.000000169. The molecule has 8 aliphatic rings. The first-order valence-corrected chi connectivity index (χ1v) is 20.0. The molecular weight excluding hydrogens is 624 g/mol. The minimum Gasteiger partial charge on any atom is -0.432 e. The molecule has 0 N–H and O–H groups in total. The summed E-state index contributed by atoms with van der Waals surface area (Å²) in [5.74, 6) is 7.71. The van der Waals surface area contributed by atoms with Crippen LogP contribution in [0.3, 0.4) is 0 Å². The summed E-state index contributed by atoms with van der Waals surface area (Å²) in [6, 6.07) is 0. The first-order valence-electron chi connectivity index (χ1n) is 20.0. The number of rotatable bonds is 2. The molecule has 8 unspecified atom stereocenters. The topological polar surface area (TPSA) is 86.7 Å². The van der Waals surface area contributed by atoms with Crippen molar-refractivity contribution in [2.75, 3.05) is 0 Å². The summed E-state index contributed by atoms with van der Waals surface area (Å²) in [4.78, 5) is 47.1. The lowest BCUT2D eigenvalue weighted by atomic mass is 9.45. The van der Waals surface area contributed by atoms with Crippen molar-refractivity contribution in [1.29, 1.82) is 0 Å². The van der Waals surface area contributed by atoms with E-state index in [1.54, 1.807) is 0 Å². The van der Waals surface area contributed by atoms with Crippen LogP contribution < -0.4 is 0 Å². The highest BCUT2D eigenvalue weighted by molar-refractivity contribution is 5.87. The predicted molar refractivity (Wildman–Crippen MR) is 195 cm³/mol. The van der Waals surface area contributed by atoms with E-state index in [0.717, 1.165) is 94.0 Å². The van der Waals surface area contributed by atoms with Crippen molar-refractivity contribution in [2.24, 2.45) is 69.0 Å². The SMILES string of the molecule is C=C.CC(=O)OC1=CC2CCC3C(CC[C@]4(C)C(OC(C)=O)=CCC34)[C@@]2(C)CC1.C[C@]12CCC(=O)CC1CCC1C2CC[C@]2(C)C(=O)CCC12. The van der Waals surface area contributed by atoms with Crippen LogP contribution in [-0.2, 0) is 28.7 Å². The second-order valence-electron chi connectivity index (χ2n) is 18.5. The number of Topliss-reactive ketones (excluding diaryl/α,β-unsaturated/α-hetero) is 2. The van der Waals surface area contributed by atoms with E-state index < -0.39 is 0 Å². The molecule has 0 aromatic carbocycles. The van der Waals surface area contributed by atoms with Crippen LogP contribution in [0.25, 0.3) is 0 Å². The molecule has 8 aliphatic carbocycles.